The molecule has 1 aliphatic rings. The van der Waals surface area contributed by atoms with Gasteiger partial charge in [-0.15, -0.1) is 13.2 Å². The van der Waals surface area contributed by atoms with Crippen LogP contribution in [0.25, 0.3) is 0 Å². The molecule has 1 fully saturated rings. The van der Waals surface area contributed by atoms with E-state index in [-0.39, 0.29) is 30.5 Å². The minimum atomic E-state index is -4.87. The van der Waals surface area contributed by atoms with Gasteiger partial charge >= 0.3 is 18.4 Å². The van der Waals surface area contributed by atoms with Gasteiger partial charge < -0.3 is 19.3 Å². The summed E-state index contributed by atoms with van der Waals surface area (Å²) in [5, 5.41) is 7.79. The first-order valence-corrected chi connectivity index (χ1v) is 10.9. The number of hydrogen-bond donors (Lipinski definition) is 1. The average Bonchev–Trinajstić information content (AvgIpc) is 2.78. The van der Waals surface area contributed by atoms with E-state index in [4.69, 9.17) is 9.84 Å². The second-order valence-electron chi connectivity index (χ2n) is 7.77. The van der Waals surface area contributed by atoms with Crippen LogP contribution < -0.4 is 9.64 Å². The number of halogens is 4. The number of carboxylic acids is 1. The number of ether oxygens (including phenoxy) is 3. The van der Waals surface area contributed by atoms with Crippen LogP contribution in [0.5, 0.6) is 5.75 Å². The number of hydrogen-bond acceptors (Lipinski definition) is 5. The summed E-state index contributed by atoms with van der Waals surface area (Å²) in [6.07, 6.45) is -0.426. The van der Waals surface area contributed by atoms with E-state index < -0.39 is 30.0 Å². The molecule has 0 spiro atoms. The normalized spacial score (nSPS) is 13.9. The number of methoxy groups -OCH3 is 1. The Morgan fingerprint density at radius 1 is 1.03 bits per heavy atom. The molecule has 0 radical (unpaired) electrons. The lowest BCUT2D eigenvalue weighted by atomic mass is 9.90. The molecule has 1 aliphatic carbocycles. The number of alkyl halides is 3. The zero-order valence-electron chi connectivity index (χ0n) is 19.1. The summed E-state index contributed by atoms with van der Waals surface area (Å²) in [5.74, 6) is -1.76. The van der Waals surface area contributed by atoms with Crippen LogP contribution >= 0.6 is 0 Å². The molecule has 11 heteroatoms. The fourth-order valence-electron chi connectivity index (χ4n) is 3.53. The highest BCUT2D eigenvalue weighted by molar-refractivity contribution is 5.96. The fraction of sp³-hybridized carbons (Fsp3) is 0.417. The molecule has 2 aromatic carbocycles. The molecule has 35 heavy (non-hydrogen) atoms. The summed E-state index contributed by atoms with van der Waals surface area (Å²) in [6, 6.07) is 10.1. The van der Waals surface area contributed by atoms with Crippen molar-refractivity contribution < 1.29 is 46.5 Å². The number of benzene rings is 2. The van der Waals surface area contributed by atoms with Gasteiger partial charge in [0.1, 0.15) is 18.2 Å². The summed E-state index contributed by atoms with van der Waals surface area (Å²) in [6.45, 7) is 0.00336. The maximum absolute atomic E-state index is 13.7. The zero-order valence-corrected chi connectivity index (χ0v) is 19.1. The fourth-order valence-corrected chi connectivity index (χ4v) is 3.53. The lowest BCUT2D eigenvalue weighted by Gasteiger charge is -2.26. The third kappa shape index (κ3) is 10.2. The molecule has 1 N–H and O–H groups in total. The van der Waals surface area contributed by atoms with Crippen LogP contribution in [0.15, 0.2) is 48.5 Å². The second kappa shape index (κ2) is 13.5. The van der Waals surface area contributed by atoms with Gasteiger partial charge in [0, 0.05) is 13.2 Å². The molecular weight excluding hydrogens is 474 g/mol. The second-order valence-corrected chi connectivity index (χ2v) is 7.77. The van der Waals surface area contributed by atoms with Crippen molar-refractivity contribution in [3.8, 4) is 5.75 Å². The molecule has 2 aromatic rings. The zero-order chi connectivity index (χ0) is 25.8. The van der Waals surface area contributed by atoms with E-state index in [1.807, 2.05) is 0 Å². The van der Waals surface area contributed by atoms with Gasteiger partial charge in [-0.25, -0.2) is 18.9 Å². The van der Waals surface area contributed by atoms with E-state index in [1.54, 1.807) is 0 Å². The maximum atomic E-state index is 13.7. The molecule has 0 atom stereocenters. The molecule has 0 aromatic heterocycles. The highest BCUT2D eigenvalue weighted by atomic mass is 19.4. The molecule has 192 valence electrons. The Morgan fingerprint density at radius 3 is 2.20 bits per heavy atom. The van der Waals surface area contributed by atoms with Gasteiger partial charge in [-0.1, -0.05) is 31.4 Å². The van der Waals surface area contributed by atoms with Gasteiger partial charge in [0.05, 0.1) is 18.0 Å². The number of amides is 1. The third-order valence-corrected chi connectivity index (χ3v) is 4.99. The van der Waals surface area contributed by atoms with Crippen molar-refractivity contribution in [3.05, 3.63) is 54.3 Å². The van der Waals surface area contributed by atoms with Gasteiger partial charge in [0.2, 0.25) is 0 Å². The minimum Gasteiger partial charge on any atom is -0.480 e. The molecule has 0 saturated heterocycles. The van der Waals surface area contributed by atoms with Crippen LogP contribution in [0.2, 0.25) is 0 Å². The number of aliphatic carboxylic acids is 1. The highest BCUT2D eigenvalue weighted by Crippen LogP contribution is 2.32. The number of carbonyl (C=O) groups is 2. The molecular formula is C24H27F4NO6. The van der Waals surface area contributed by atoms with Crippen molar-refractivity contribution in [1.82, 2.24) is 0 Å². The van der Waals surface area contributed by atoms with Crippen LogP contribution in [0, 0.1) is 11.7 Å². The van der Waals surface area contributed by atoms with E-state index in [0.29, 0.717) is 0 Å². The van der Waals surface area contributed by atoms with Gasteiger partial charge in [-0.3, -0.25) is 0 Å². The smallest absolute Gasteiger partial charge is 0.480 e. The van der Waals surface area contributed by atoms with Gasteiger partial charge in [0.25, 0.3) is 0 Å². The van der Waals surface area contributed by atoms with Gasteiger partial charge in [-0.05, 0) is 49.1 Å². The average molecular weight is 501 g/mol. The van der Waals surface area contributed by atoms with Gasteiger partial charge in [0.15, 0.2) is 0 Å². The van der Waals surface area contributed by atoms with E-state index in [0.717, 1.165) is 55.2 Å². The molecule has 7 nitrogen and oxygen atoms in total. The van der Waals surface area contributed by atoms with Crippen LogP contribution in [-0.2, 0) is 14.3 Å². The summed E-state index contributed by atoms with van der Waals surface area (Å²) in [5.41, 5.74) is 0.216. The van der Waals surface area contributed by atoms with Crippen molar-refractivity contribution in [2.24, 2.45) is 5.92 Å². The summed E-state index contributed by atoms with van der Waals surface area (Å²) < 4.78 is 65.0. The van der Waals surface area contributed by atoms with Crippen LogP contribution in [0.1, 0.15) is 32.1 Å². The Bertz CT molecular complexity index is 963. The number of carbonyl (C=O) groups excluding carboxylic acids is 1. The largest absolute Gasteiger partial charge is 0.573 e. The van der Waals surface area contributed by atoms with Crippen molar-refractivity contribution in [1.29, 1.82) is 0 Å². The number of anilines is 2. The number of rotatable bonds is 7. The summed E-state index contributed by atoms with van der Waals surface area (Å²) >= 11 is 0. The van der Waals surface area contributed by atoms with Crippen molar-refractivity contribution >= 4 is 23.4 Å². The quantitative estimate of drug-likeness (QED) is 0.449. The number of carboxylic acid groups (broad SMARTS) is 1. The monoisotopic (exact) mass is 501 g/mol. The summed E-state index contributed by atoms with van der Waals surface area (Å²) in [4.78, 5) is 23.3. The third-order valence-electron chi connectivity index (χ3n) is 4.99. The molecule has 0 heterocycles. The van der Waals surface area contributed by atoms with Crippen molar-refractivity contribution in [2.45, 2.75) is 38.5 Å². The topological polar surface area (TPSA) is 85.3 Å². The lowest BCUT2D eigenvalue weighted by Crippen LogP contribution is -2.29. The first kappa shape index (κ1) is 27.9. The van der Waals surface area contributed by atoms with Crippen LogP contribution in [0.3, 0.4) is 0 Å². The van der Waals surface area contributed by atoms with Gasteiger partial charge in [-0.2, -0.15) is 0 Å². The molecule has 0 aliphatic heterocycles. The Hall–Kier alpha value is -3.34. The maximum Gasteiger partial charge on any atom is 0.573 e. The highest BCUT2D eigenvalue weighted by Gasteiger charge is 2.31. The summed E-state index contributed by atoms with van der Waals surface area (Å²) in [7, 11) is 1.34. The lowest BCUT2D eigenvalue weighted by molar-refractivity contribution is -0.274. The first-order valence-electron chi connectivity index (χ1n) is 10.9. The first-order chi connectivity index (χ1) is 16.6. The minimum absolute atomic E-state index is 0.0750. The SMILES string of the molecule is COCC(=O)O.O=C(OCC1CCCCC1)N(c1cccc(F)c1)c1cccc(OC(F)(F)F)c1. The van der Waals surface area contributed by atoms with Crippen molar-refractivity contribution in [2.75, 3.05) is 25.2 Å². The number of nitrogens with zero attached hydrogens (tertiary/aromatic N) is 1. The predicted octanol–water partition coefficient (Wildman–Crippen LogP) is 6.30. The Morgan fingerprint density at radius 2 is 1.66 bits per heavy atom. The van der Waals surface area contributed by atoms with Crippen molar-refractivity contribution in [3.63, 3.8) is 0 Å². The molecule has 3 rings (SSSR count). The predicted molar refractivity (Wildman–Crippen MR) is 119 cm³/mol. The van der Waals surface area contributed by atoms with E-state index in [1.165, 1.54) is 37.4 Å². The van der Waals surface area contributed by atoms with E-state index in [2.05, 4.69) is 9.47 Å². The molecule has 1 amide bonds. The van der Waals surface area contributed by atoms with Crippen LogP contribution in [-0.4, -0.2) is 43.9 Å². The Balaban J connectivity index is 0.000000641. The standard InChI is InChI=1S/C21H21F4NO3.C3H6O3/c22-16-8-4-9-17(12-16)26(20(27)28-14-15-6-2-1-3-7-15)18-10-5-11-19(13-18)29-21(23,24)25;1-6-2-3(4)5/h4-5,8-13,15H,1-3,6-7,14H2;2H2,1H3,(H,4,5). The van der Waals surface area contributed by atoms with E-state index >= 15 is 0 Å². The van der Waals surface area contributed by atoms with Crippen LogP contribution in [0.4, 0.5) is 33.7 Å². The Kier molecular flexibility index (Phi) is 10.8. The molecule has 0 unspecified atom stereocenters. The molecule has 1 saturated carbocycles. The Labute approximate surface area is 200 Å². The van der Waals surface area contributed by atoms with E-state index in [9.17, 15) is 27.2 Å². The molecule has 0 bridgehead atoms.